The minimum absolute atomic E-state index is 0.0608. The van der Waals surface area contributed by atoms with Gasteiger partial charge in [0.1, 0.15) is 0 Å². The molecule has 0 bridgehead atoms. The fourth-order valence-corrected chi connectivity index (χ4v) is 1.20. The summed E-state index contributed by atoms with van der Waals surface area (Å²) in [7, 11) is -1.80. The fraction of sp³-hybridized carbons (Fsp3) is 0.250. The fourth-order valence-electron chi connectivity index (χ4n) is 1.20. The van der Waals surface area contributed by atoms with Gasteiger partial charge in [0.15, 0.2) is 0 Å². The number of nitro benzene ring substituents is 1. The van der Waals surface area contributed by atoms with E-state index >= 15 is 0 Å². The zero-order valence-corrected chi connectivity index (χ0v) is 7.67. The van der Waals surface area contributed by atoms with Gasteiger partial charge in [-0.25, -0.2) is 0 Å². The second-order valence-electron chi connectivity index (χ2n) is 2.88. The van der Waals surface area contributed by atoms with Crippen LogP contribution < -0.4 is 5.46 Å². The topological polar surface area (TPSA) is 83.6 Å². The van der Waals surface area contributed by atoms with Crippen molar-refractivity contribution in [1.82, 2.24) is 0 Å². The lowest BCUT2D eigenvalue weighted by Crippen LogP contribution is -2.32. The molecule has 0 radical (unpaired) electrons. The van der Waals surface area contributed by atoms with Crippen LogP contribution in [0.2, 0.25) is 0 Å². The molecule has 1 aromatic carbocycles. The Bertz CT molecular complexity index is 353. The predicted molar refractivity (Wildman–Crippen MR) is 52.3 cm³/mol. The molecule has 0 atom stereocenters. The van der Waals surface area contributed by atoms with Crippen molar-refractivity contribution in [2.24, 2.45) is 0 Å². The summed E-state index contributed by atoms with van der Waals surface area (Å²) >= 11 is 0. The molecule has 0 aliphatic carbocycles. The van der Waals surface area contributed by atoms with Gasteiger partial charge in [-0.15, -0.1) is 0 Å². The Kier molecular flexibility index (Phi) is 3.21. The molecule has 74 valence electrons. The number of aryl methyl sites for hydroxylation is 1. The molecule has 5 nitrogen and oxygen atoms in total. The maximum Gasteiger partial charge on any atom is 0.495 e. The monoisotopic (exact) mass is 195 g/mol. The molecule has 0 aromatic heterocycles. The number of rotatable bonds is 3. The SMILES string of the molecule is CCc1ccc([N+](=O)[O-])c(B(O)O)c1. The van der Waals surface area contributed by atoms with E-state index in [0.717, 1.165) is 5.56 Å². The van der Waals surface area contributed by atoms with Crippen LogP contribution in [0, 0.1) is 10.1 Å². The molecule has 1 rings (SSSR count). The van der Waals surface area contributed by atoms with Crippen molar-refractivity contribution in [3.63, 3.8) is 0 Å². The highest BCUT2D eigenvalue weighted by molar-refractivity contribution is 6.60. The van der Waals surface area contributed by atoms with Gasteiger partial charge < -0.3 is 10.0 Å². The van der Waals surface area contributed by atoms with Gasteiger partial charge in [0.25, 0.3) is 5.69 Å². The summed E-state index contributed by atoms with van der Waals surface area (Å²) in [6.07, 6.45) is 0.692. The standard InChI is InChI=1S/C8H10BNO4/c1-2-6-3-4-8(10(13)14)7(5-6)9(11)12/h3-5,11-12H,2H2,1H3. The smallest absolute Gasteiger partial charge is 0.423 e. The van der Waals surface area contributed by atoms with Gasteiger partial charge in [-0.2, -0.15) is 0 Å². The maximum absolute atomic E-state index is 10.5. The Morgan fingerprint density at radius 3 is 2.57 bits per heavy atom. The van der Waals surface area contributed by atoms with Gasteiger partial charge in [0.05, 0.1) is 10.4 Å². The Labute approximate surface area is 81.3 Å². The van der Waals surface area contributed by atoms with E-state index in [0.29, 0.717) is 6.42 Å². The van der Waals surface area contributed by atoms with E-state index in [-0.39, 0.29) is 11.2 Å². The van der Waals surface area contributed by atoms with Crippen LogP contribution in [0.3, 0.4) is 0 Å². The molecule has 6 heteroatoms. The van der Waals surface area contributed by atoms with Crippen LogP contribution in [-0.4, -0.2) is 22.1 Å². The average molecular weight is 195 g/mol. The van der Waals surface area contributed by atoms with Gasteiger partial charge in [-0.05, 0) is 12.0 Å². The highest BCUT2D eigenvalue weighted by Crippen LogP contribution is 2.10. The van der Waals surface area contributed by atoms with Gasteiger partial charge in [0, 0.05) is 6.07 Å². The second kappa shape index (κ2) is 4.21. The Balaban J connectivity index is 3.24. The average Bonchev–Trinajstić information content (AvgIpc) is 2.16. The predicted octanol–water partition coefficient (Wildman–Crippen LogP) is -0.163. The van der Waals surface area contributed by atoms with E-state index in [1.54, 1.807) is 6.07 Å². The van der Waals surface area contributed by atoms with Crippen LogP contribution in [0.1, 0.15) is 12.5 Å². The maximum atomic E-state index is 10.5. The van der Waals surface area contributed by atoms with Crippen LogP contribution in [-0.2, 0) is 6.42 Å². The minimum Gasteiger partial charge on any atom is -0.423 e. The quantitative estimate of drug-likeness (QED) is 0.398. The van der Waals surface area contributed by atoms with Crippen LogP contribution in [0.15, 0.2) is 18.2 Å². The first kappa shape index (κ1) is 10.7. The molecule has 0 heterocycles. The summed E-state index contributed by atoms with van der Waals surface area (Å²) in [4.78, 5) is 9.88. The summed E-state index contributed by atoms with van der Waals surface area (Å²) in [6, 6.07) is 4.32. The van der Waals surface area contributed by atoms with E-state index in [1.807, 2.05) is 6.92 Å². The summed E-state index contributed by atoms with van der Waals surface area (Å²) in [6.45, 7) is 1.88. The molecule has 0 saturated carbocycles. The van der Waals surface area contributed by atoms with Gasteiger partial charge >= 0.3 is 7.12 Å². The molecule has 0 unspecified atom stereocenters. The van der Waals surface area contributed by atoms with Crippen molar-refractivity contribution >= 4 is 18.3 Å². The second-order valence-corrected chi connectivity index (χ2v) is 2.88. The molecule has 2 N–H and O–H groups in total. The number of nitro groups is 1. The van der Waals surface area contributed by atoms with Crippen LogP contribution >= 0.6 is 0 Å². The highest BCUT2D eigenvalue weighted by Gasteiger charge is 2.23. The van der Waals surface area contributed by atoms with Crippen molar-refractivity contribution in [3.8, 4) is 0 Å². The Morgan fingerprint density at radius 2 is 2.14 bits per heavy atom. The third-order valence-corrected chi connectivity index (χ3v) is 1.98. The van der Waals surface area contributed by atoms with E-state index in [1.165, 1.54) is 12.1 Å². The van der Waals surface area contributed by atoms with Crippen LogP contribution in [0.25, 0.3) is 0 Å². The molecule has 0 amide bonds. The summed E-state index contributed by atoms with van der Waals surface area (Å²) in [5.41, 5.74) is 0.505. The third-order valence-electron chi connectivity index (χ3n) is 1.98. The third kappa shape index (κ3) is 2.10. The normalized spacial score (nSPS) is 9.93. The van der Waals surface area contributed by atoms with Crippen molar-refractivity contribution in [2.75, 3.05) is 0 Å². The number of benzene rings is 1. The summed E-state index contributed by atoms with van der Waals surface area (Å²) < 4.78 is 0. The van der Waals surface area contributed by atoms with E-state index in [4.69, 9.17) is 10.0 Å². The first-order valence-electron chi connectivity index (χ1n) is 4.19. The molecule has 14 heavy (non-hydrogen) atoms. The Hall–Kier alpha value is -1.40. The molecular weight excluding hydrogens is 185 g/mol. The molecule has 0 saturated heterocycles. The molecule has 0 aliphatic rings. The number of hydrogen-bond donors (Lipinski definition) is 2. The van der Waals surface area contributed by atoms with Gasteiger partial charge in [0.2, 0.25) is 0 Å². The molecule has 0 spiro atoms. The number of hydrogen-bond acceptors (Lipinski definition) is 4. The summed E-state index contributed by atoms with van der Waals surface area (Å²) in [5, 5.41) is 28.4. The Morgan fingerprint density at radius 1 is 1.50 bits per heavy atom. The minimum atomic E-state index is -1.80. The first-order chi connectivity index (χ1) is 6.56. The van der Waals surface area contributed by atoms with Crippen molar-refractivity contribution in [1.29, 1.82) is 0 Å². The van der Waals surface area contributed by atoms with Gasteiger partial charge in [-0.1, -0.05) is 19.1 Å². The molecular formula is C8H10BNO4. The lowest BCUT2D eigenvalue weighted by molar-refractivity contribution is -0.383. The first-order valence-corrected chi connectivity index (χ1v) is 4.19. The molecule has 1 aromatic rings. The van der Waals surface area contributed by atoms with E-state index in [9.17, 15) is 10.1 Å². The zero-order valence-electron chi connectivity index (χ0n) is 7.67. The van der Waals surface area contributed by atoms with Crippen molar-refractivity contribution in [2.45, 2.75) is 13.3 Å². The van der Waals surface area contributed by atoms with E-state index in [2.05, 4.69) is 0 Å². The molecule has 0 fully saturated rings. The molecule has 0 aliphatic heterocycles. The zero-order chi connectivity index (χ0) is 10.7. The van der Waals surface area contributed by atoms with E-state index < -0.39 is 12.0 Å². The van der Waals surface area contributed by atoms with Crippen molar-refractivity contribution < 1.29 is 15.0 Å². The number of nitrogens with zero attached hydrogens (tertiary/aromatic N) is 1. The van der Waals surface area contributed by atoms with Crippen molar-refractivity contribution in [3.05, 3.63) is 33.9 Å². The largest absolute Gasteiger partial charge is 0.495 e. The summed E-state index contributed by atoms with van der Waals surface area (Å²) in [5.74, 6) is 0. The highest BCUT2D eigenvalue weighted by atomic mass is 16.6. The van der Waals surface area contributed by atoms with Crippen LogP contribution in [0.5, 0.6) is 0 Å². The lowest BCUT2D eigenvalue weighted by atomic mass is 9.78. The lowest BCUT2D eigenvalue weighted by Gasteiger charge is -2.03. The van der Waals surface area contributed by atoms with Crippen LogP contribution in [0.4, 0.5) is 5.69 Å². The van der Waals surface area contributed by atoms with Gasteiger partial charge in [-0.3, -0.25) is 10.1 Å².